The van der Waals surface area contributed by atoms with Crippen LogP contribution in [0.15, 0.2) is 18.2 Å². The van der Waals surface area contributed by atoms with E-state index < -0.39 is 6.09 Å². The van der Waals surface area contributed by atoms with Gasteiger partial charge in [0.2, 0.25) is 0 Å². The summed E-state index contributed by atoms with van der Waals surface area (Å²) in [5.74, 6) is 1.63. The van der Waals surface area contributed by atoms with Gasteiger partial charge in [-0.15, -0.1) is 11.3 Å². The zero-order chi connectivity index (χ0) is 19.1. The average molecular weight is 388 g/mol. The van der Waals surface area contributed by atoms with Crippen LogP contribution in [-0.4, -0.2) is 52.7 Å². The second kappa shape index (κ2) is 7.40. The molecule has 4 rings (SSSR count). The first kappa shape index (κ1) is 18.7. The summed E-state index contributed by atoms with van der Waals surface area (Å²) in [6.45, 7) is 7.30. The lowest BCUT2D eigenvalue weighted by atomic mass is 9.90. The SMILES string of the molecule is CC1CC(c2nc3cc([C@H]4CC[C@H](C)CN4C(=O)O)ccc3s2)CN(C)C1. The second-order valence-electron chi connectivity index (χ2n) is 8.67. The molecule has 2 unspecified atom stereocenters. The molecule has 1 aromatic heterocycles. The van der Waals surface area contributed by atoms with Crippen LogP contribution in [0.2, 0.25) is 0 Å². The summed E-state index contributed by atoms with van der Waals surface area (Å²) in [6.07, 6.45) is 2.34. The Bertz CT molecular complexity index is 826. The maximum Gasteiger partial charge on any atom is 0.407 e. The molecule has 6 heteroatoms. The number of benzene rings is 1. The van der Waals surface area contributed by atoms with E-state index in [0.29, 0.717) is 24.3 Å². The molecule has 2 aliphatic rings. The number of carbonyl (C=O) groups is 1. The zero-order valence-electron chi connectivity index (χ0n) is 16.4. The Labute approximate surface area is 165 Å². The van der Waals surface area contributed by atoms with Crippen molar-refractivity contribution in [3.63, 3.8) is 0 Å². The fourth-order valence-electron chi connectivity index (χ4n) is 4.85. The van der Waals surface area contributed by atoms with Gasteiger partial charge in [0.25, 0.3) is 0 Å². The Morgan fingerprint density at radius 1 is 1.19 bits per heavy atom. The van der Waals surface area contributed by atoms with E-state index in [0.717, 1.165) is 37.0 Å². The molecule has 1 aromatic carbocycles. The van der Waals surface area contributed by atoms with Crippen molar-refractivity contribution in [1.29, 1.82) is 0 Å². The second-order valence-corrected chi connectivity index (χ2v) is 9.73. The van der Waals surface area contributed by atoms with Crippen LogP contribution >= 0.6 is 11.3 Å². The number of hydrogen-bond acceptors (Lipinski definition) is 4. The van der Waals surface area contributed by atoms with Crippen LogP contribution in [0.4, 0.5) is 4.79 Å². The zero-order valence-corrected chi connectivity index (χ0v) is 17.2. The molecule has 2 aliphatic heterocycles. The van der Waals surface area contributed by atoms with Gasteiger partial charge in [-0.2, -0.15) is 0 Å². The van der Waals surface area contributed by atoms with E-state index in [1.807, 2.05) is 0 Å². The standard InChI is InChI=1S/C21H29N3O2S/c1-13-4-6-18(24(11-13)21(25)26)15-5-7-19-17(9-15)22-20(27-19)16-8-14(2)10-23(3)12-16/h5,7,9,13-14,16,18H,4,6,8,10-12H2,1-3H3,(H,25,26)/t13-,14?,16?,18+/m0/s1. The first-order valence-corrected chi connectivity index (χ1v) is 10.8. The number of fused-ring (bicyclic) bond motifs is 1. The lowest BCUT2D eigenvalue weighted by Gasteiger charge is -2.37. The third-order valence-electron chi connectivity index (χ3n) is 6.07. The third kappa shape index (κ3) is 3.83. The van der Waals surface area contributed by atoms with E-state index in [9.17, 15) is 9.90 Å². The highest BCUT2D eigenvalue weighted by atomic mass is 32.1. The van der Waals surface area contributed by atoms with Crippen molar-refractivity contribution in [2.75, 3.05) is 26.7 Å². The Hall–Kier alpha value is -1.66. The van der Waals surface area contributed by atoms with Crippen LogP contribution < -0.4 is 0 Å². The lowest BCUT2D eigenvalue weighted by Crippen LogP contribution is -2.40. The van der Waals surface area contributed by atoms with E-state index in [-0.39, 0.29) is 6.04 Å². The topological polar surface area (TPSA) is 56.7 Å². The van der Waals surface area contributed by atoms with Gasteiger partial charge in [0.05, 0.1) is 21.3 Å². The highest BCUT2D eigenvalue weighted by Gasteiger charge is 2.31. The van der Waals surface area contributed by atoms with E-state index in [1.54, 1.807) is 16.2 Å². The van der Waals surface area contributed by atoms with E-state index in [4.69, 9.17) is 4.98 Å². The van der Waals surface area contributed by atoms with Crippen molar-refractivity contribution in [1.82, 2.24) is 14.8 Å². The number of nitrogens with zero attached hydrogens (tertiary/aromatic N) is 3. The molecule has 3 heterocycles. The van der Waals surface area contributed by atoms with Gasteiger partial charge in [-0.25, -0.2) is 9.78 Å². The average Bonchev–Trinajstić information content (AvgIpc) is 3.04. The molecule has 2 saturated heterocycles. The number of thiazole rings is 1. The molecule has 4 atom stereocenters. The Morgan fingerprint density at radius 3 is 2.74 bits per heavy atom. The quantitative estimate of drug-likeness (QED) is 0.804. The number of amides is 1. The van der Waals surface area contributed by atoms with Gasteiger partial charge in [-0.3, -0.25) is 0 Å². The number of likely N-dealkylation sites (tertiary alicyclic amines) is 2. The first-order valence-electron chi connectivity index (χ1n) is 9.99. The fraction of sp³-hybridized carbons (Fsp3) is 0.619. The molecule has 2 fully saturated rings. The summed E-state index contributed by atoms with van der Waals surface area (Å²) in [5, 5.41) is 10.9. The van der Waals surface area contributed by atoms with Gasteiger partial charge >= 0.3 is 6.09 Å². The summed E-state index contributed by atoms with van der Waals surface area (Å²) in [4.78, 5) is 20.7. The molecule has 1 N–H and O–H groups in total. The summed E-state index contributed by atoms with van der Waals surface area (Å²) in [6, 6.07) is 6.33. The highest BCUT2D eigenvalue weighted by Crippen LogP contribution is 2.38. The molecule has 0 radical (unpaired) electrons. The van der Waals surface area contributed by atoms with Crippen LogP contribution in [0.3, 0.4) is 0 Å². The van der Waals surface area contributed by atoms with Crippen molar-refractivity contribution in [3.05, 3.63) is 28.8 Å². The van der Waals surface area contributed by atoms with Gasteiger partial charge in [0.15, 0.2) is 0 Å². The smallest absolute Gasteiger partial charge is 0.407 e. The predicted octanol–water partition coefficient (Wildman–Crippen LogP) is 4.80. The third-order valence-corrected chi connectivity index (χ3v) is 7.27. The number of likely N-dealkylation sites (N-methyl/N-ethyl adjacent to an activating group) is 1. The fourth-order valence-corrected chi connectivity index (χ4v) is 5.90. The first-order chi connectivity index (χ1) is 12.9. The van der Waals surface area contributed by atoms with Crippen molar-refractivity contribution in [3.8, 4) is 0 Å². The molecule has 27 heavy (non-hydrogen) atoms. The summed E-state index contributed by atoms with van der Waals surface area (Å²) in [5.41, 5.74) is 2.11. The largest absolute Gasteiger partial charge is 0.465 e. The minimum absolute atomic E-state index is 0.0471. The minimum atomic E-state index is -0.815. The van der Waals surface area contributed by atoms with E-state index >= 15 is 0 Å². The van der Waals surface area contributed by atoms with Crippen LogP contribution in [0.1, 0.15) is 55.6 Å². The van der Waals surface area contributed by atoms with Gasteiger partial charge in [0.1, 0.15) is 0 Å². The summed E-state index contributed by atoms with van der Waals surface area (Å²) in [7, 11) is 2.19. The molecule has 0 aliphatic carbocycles. The van der Waals surface area contributed by atoms with Crippen LogP contribution in [-0.2, 0) is 0 Å². The van der Waals surface area contributed by atoms with Crippen LogP contribution in [0.25, 0.3) is 10.2 Å². The maximum atomic E-state index is 11.7. The predicted molar refractivity (Wildman–Crippen MR) is 110 cm³/mol. The van der Waals surface area contributed by atoms with Gasteiger partial charge in [-0.05, 0) is 55.8 Å². The Balaban J connectivity index is 1.62. The molecule has 0 bridgehead atoms. The number of piperidine rings is 2. The van der Waals surface area contributed by atoms with E-state index in [1.165, 1.54) is 16.1 Å². The molecule has 146 valence electrons. The Morgan fingerprint density at radius 2 is 2.00 bits per heavy atom. The molecule has 2 aromatic rings. The summed E-state index contributed by atoms with van der Waals surface area (Å²) < 4.78 is 1.21. The summed E-state index contributed by atoms with van der Waals surface area (Å²) >= 11 is 1.80. The molecular formula is C21H29N3O2S. The number of carboxylic acid groups (broad SMARTS) is 1. The number of hydrogen-bond donors (Lipinski definition) is 1. The normalized spacial score (nSPS) is 30.0. The maximum absolute atomic E-state index is 11.7. The molecular weight excluding hydrogens is 358 g/mol. The van der Waals surface area contributed by atoms with Crippen LogP contribution in [0.5, 0.6) is 0 Å². The minimum Gasteiger partial charge on any atom is -0.465 e. The van der Waals surface area contributed by atoms with Gasteiger partial charge in [0, 0.05) is 25.6 Å². The number of aromatic nitrogens is 1. The lowest BCUT2D eigenvalue weighted by molar-refractivity contribution is 0.0900. The molecule has 0 saturated carbocycles. The highest BCUT2D eigenvalue weighted by molar-refractivity contribution is 7.18. The molecule has 5 nitrogen and oxygen atoms in total. The molecule has 1 amide bonds. The number of rotatable bonds is 2. The van der Waals surface area contributed by atoms with Gasteiger partial charge < -0.3 is 14.9 Å². The molecule has 0 spiro atoms. The van der Waals surface area contributed by atoms with Crippen LogP contribution in [0, 0.1) is 11.8 Å². The monoisotopic (exact) mass is 387 g/mol. The van der Waals surface area contributed by atoms with Crippen molar-refractivity contribution in [2.45, 2.75) is 45.1 Å². The van der Waals surface area contributed by atoms with Crippen molar-refractivity contribution in [2.24, 2.45) is 11.8 Å². The van der Waals surface area contributed by atoms with Crippen molar-refractivity contribution >= 4 is 27.6 Å². The van der Waals surface area contributed by atoms with E-state index in [2.05, 4.69) is 44.0 Å². The van der Waals surface area contributed by atoms with Crippen molar-refractivity contribution < 1.29 is 9.90 Å². The van der Waals surface area contributed by atoms with Gasteiger partial charge in [-0.1, -0.05) is 19.9 Å². The Kier molecular flexibility index (Phi) is 5.12.